The predicted molar refractivity (Wildman–Crippen MR) is 113 cm³/mol. The molecular formula is C22H23F4N5O2. The van der Waals surface area contributed by atoms with Gasteiger partial charge in [0, 0.05) is 38.5 Å². The third-order valence-corrected chi connectivity index (χ3v) is 5.57. The first kappa shape index (κ1) is 23.0. The van der Waals surface area contributed by atoms with Crippen LogP contribution in [0.2, 0.25) is 0 Å². The Bertz CT molecular complexity index is 1160. The lowest BCUT2D eigenvalue weighted by Gasteiger charge is -2.25. The Hall–Kier alpha value is -3.21. The summed E-state index contributed by atoms with van der Waals surface area (Å²) >= 11 is 0. The molecule has 176 valence electrons. The molecule has 0 spiro atoms. The normalized spacial score (nSPS) is 15.1. The van der Waals surface area contributed by atoms with Crippen molar-refractivity contribution in [2.75, 3.05) is 18.5 Å². The van der Waals surface area contributed by atoms with Crippen molar-refractivity contribution in [2.45, 2.75) is 45.1 Å². The lowest BCUT2D eigenvalue weighted by molar-refractivity contribution is -0.140. The number of amides is 1. The molecule has 11 heteroatoms. The van der Waals surface area contributed by atoms with E-state index in [0.717, 1.165) is 18.9 Å². The highest BCUT2D eigenvalue weighted by atomic mass is 19.4. The highest BCUT2D eigenvalue weighted by Gasteiger charge is 2.34. The smallest absolute Gasteiger partial charge is 0.381 e. The Morgan fingerprint density at radius 2 is 2.00 bits per heavy atom. The second-order valence-electron chi connectivity index (χ2n) is 7.77. The molecule has 2 N–H and O–H groups in total. The molecule has 3 heterocycles. The molecular weight excluding hydrogens is 442 g/mol. The fourth-order valence-corrected chi connectivity index (χ4v) is 3.81. The topological polar surface area (TPSA) is 81.1 Å². The maximum Gasteiger partial charge on any atom is 0.419 e. The van der Waals surface area contributed by atoms with E-state index in [1.807, 2.05) is 6.92 Å². The van der Waals surface area contributed by atoms with E-state index in [4.69, 9.17) is 4.74 Å². The zero-order valence-electron chi connectivity index (χ0n) is 17.9. The van der Waals surface area contributed by atoms with Gasteiger partial charge in [-0.1, -0.05) is 6.07 Å². The van der Waals surface area contributed by atoms with Crippen LogP contribution in [-0.4, -0.2) is 39.9 Å². The van der Waals surface area contributed by atoms with Crippen LogP contribution >= 0.6 is 0 Å². The van der Waals surface area contributed by atoms with Gasteiger partial charge >= 0.3 is 6.18 Å². The van der Waals surface area contributed by atoms with Gasteiger partial charge in [0.1, 0.15) is 5.82 Å². The van der Waals surface area contributed by atoms with E-state index < -0.39 is 23.5 Å². The molecule has 1 amide bonds. The Morgan fingerprint density at radius 3 is 2.70 bits per heavy atom. The SMILES string of the molecule is CCn1ncc2c(NC3CCOCC3)c(C(=O)NCc3ccc(F)c(C(F)(F)F)c3)cnc21. The van der Waals surface area contributed by atoms with Crippen LogP contribution in [0.1, 0.15) is 41.3 Å². The molecule has 4 rings (SSSR count). The van der Waals surface area contributed by atoms with Crippen LogP contribution in [0, 0.1) is 5.82 Å². The van der Waals surface area contributed by atoms with Crippen molar-refractivity contribution in [2.24, 2.45) is 0 Å². The van der Waals surface area contributed by atoms with Gasteiger partial charge in [0.25, 0.3) is 5.91 Å². The average Bonchev–Trinajstić information content (AvgIpc) is 3.22. The van der Waals surface area contributed by atoms with Crippen molar-refractivity contribution in [1.29, 1.82) is 0 Å². The highest BCUT2D eigenvalue weighted by Crippen LogP contribution is 2.32. The fourth-order valence-electron chi connectivity index (χ4n) is 3.81. The van der Waals surface area contributed by atoms with E-state index in [0.29, 0.717) is 42.5 Å². The Labute approximate surface area is 187 Å². The number of ether oxygens (including phenoxy) is 1. The van der Waals surface area contributed by atoms with Crippen molar-refractivity contribution in [1.82, 2.24) is 20.1 Å². The van der Waals surface area contributed by atoms with E-state index in [1.165, 1.54) is 12.3 Å². The number of nitrogens with zero attached hydrogens (tertiary/aromatic N) is 3. The molecule has 33 heavy (non-hydrogen) atoms. The number of carbonyl (C=O) groups excluding carboxylic acids is 1. The molecule has 0 unspecified atom stereocenters. The minimum absolute atomic E-state index is 0.0901. The molecule has 2 aromatic heterocycles. The van der Waals surface area contributed by atoms with Crippen LogP contribution < -0.4 is 10.6 Å². The summed E-state index contributed by atoms with van der Waals surface area (Å²) < 4.78 is 59.6. The number of fused-ring (bicyclic) bond motifs is 1. The largest absolute Gasteiger partial charge is 0.419 e. The number of benzene rings is 1. The first-order chi connectivity index (χ1) is 15.8. The monoisotopic (exact) mass is 465 g/mol. The highest BCUT2D eigenvalue weighted by molar-refractivity contribution is 6.06. The van der Waals surface area contributed by atoms with Crippen molar-refractivity contribution in [3.8, 4) is 0 Å². The number of pyridine rings is 1. The number of hydrogen-bond acceptors (Lipinski definition) is 5. The van der Waals surface area contributed by atoms with E-state index in [1.54, 1.807) is 10.9 Å². The lowest BCUT2D eigenvalue weighted by atomic mass is 10.1. The number of halogens is 4. The van der Waals surface area contributed by atoms with E-state index >= 15 is 0 Å². The molecule has 1 saturated heterocycles. The maximum absolute atomic E-state index is 13.5. The molecule has 1 fully saturated rings. The Morgan fingerprint density at radius 1 is 1.24 bits per heavy atom. The molecule has 0 saturated carbocycles. The van der Waals surface area contributed by atoms with Gasteiger partial charge < -0.3 is 15.4 Å². The van der Waals surface area contributed by atoms with Gasteiger partial charge in [0.15, 0.2) is 5.65 Å². The molecule has 1 aliphatic rings. The summed E-state index contributed by atoms with van der Waals surface area (Å²) in [6.07, 6.45) is -0.219. The molecule has 1 aromatic carbocycles. The second kappa shape index (κ2) is 9.34. The van der Waals surface area contributed by atoms with Crippen LogP contribution in [-0.2, 0) is 24.0 Å². The van der Waals surface area contributed by atoms with Crippen molar-refractivity contribution in [3.05, 3.63) is 53.1 Å². The Kier molecular flexibility index (Phi) is 6.50. The second-order valence-corrected chi connectivity index (χ2v) is 7.77. The summed E-state index contributed by atoms with van der Waals surface area (Å²) in [6.45, 7) is 3.54. The van der Waals surface area contributed by atoms with Gasteiger partial charge in [0.05, 0.1) is 28.4 Å². The summed E-state index contributed by atoms with van der Waals surface area (Å²) in [5.41, 5.74) is 0.203. The van der Waals surface area contributed by atoms with E-state index in [9.17, 15) is 22.4 Å². The van der Waals surface area contributed by atoms with Gasteiger partial charge in [0.2, 0.25) is 0 Å². The molecule has 3 aromatic rings. The standard InChI is InChI=1S/C22H23F4N5O2/c1-2-31-20-15(12-29-31)19(30-14-5-7-33-8-6-14)16(11-27-20)21(32)28-10-13-3-4-18(23)17(9-13)22(24,25)26/h3-4,9,11-12,14H,2,5-8,10H2,1H3,(H,27,30)(H,28,32). The summed E-state index contributed by atoms with van der Waals surface area (Å²) in [5, 5.41) is 11.0. The maximum atomic E-state index is 13.5. The number of aromatic nitrogens is 3. The van der Waals surface area contributed by atoms with Crippen LogP contribution in [0.4, 0.5) is 23.2 Å². The lowest BCUT2D eigenvalue weighted by Crippen LogP contribution is -2.30. The summed E-state index contributed by atoms with van der Waals surface area (Å²) in [7, 11) is 0. The number of anilines is 1. The molecule has 1 aliphatic heterocycles. The minimum Gasteiger partial charge on any atom is -0.381 e. The summed E-state index contributed by atoms with van der Waals surface area (Å²) in [6, 6.07) is 2.74. The van der Waals surface area contributed by atoms with E-state index in [-0.39, 0.29) is 23.7 Å². The van der Waals surface area contributed by atoms with Gasteiger partial charge in [-0.25, -0.2) is 14.1 Å². The zero-order chi connectivity index (χ0) is 23.6. The third-order valence-electron chi connectivity index (χ3n) is 5.57. The third kappa shape index (κ3) is 4.92. The van der Waals surface area contributed by atoms with E-state index in [2.05, 4.69) is 20.7 Å². The van der Waals surface area contributed by atoms with Gasteiger partial charge in [-0.05, 0) is 37.5 Å². The average molecular weight is 465 g/mol. The predicted octanol–water partition coefficient (Wildman–Crippen LogP) is 4.13. The van der Waals surface area contributed by atoms with Crippen LogP contribution in [0.5, 0.6) is 0 Å². The number of hydrogen-bond donors (Lipinski definition) is 2. The Balaban J connectivity index is 1.60. The number of alkyl halides is 3. The first-order valence-electron chi connectivity index (χ1n) is 10.6. The van der Waals surface area contributed by atoms with Crippen LogP contribution in [0.25, 0.3) is 11.0 Å². The first-order valence-corrected chi connectivity index (χ1v) is 10.6. The number of carbonyl (C=O) groups is 1. The van der Waals surface area contributed by atoms with Gasteiger partial charge in [-0.15, -0.1) is 0 Å². The summed E-state index contributed by atoms with van der Waals surface area (Å²) in [5.74, 6) is -1.87. The van der Waals surface area contributed by atoms with Crippen LogP contribution in [0.3, 0.4) is 0 Å². The summed E-state index contributed by atoms with van der Waals surface area (Å²) in [4.78, 5) is 17.4. The number of aryl methyl sites for hydroxylation is 1. The molecule has 0 atom stereocenters. The van der Waals surface area contributed by atoms with Gasteiger partial charge in [-0.2, -0.15) is 18.3 Å². The van der Waals surface area contributed by atoms with Crippen LogP contribution in [0.15, 0.2) is 30.6 Å². The molecule has 7 nitrogen and oxygen atoms in total. The quantitative estimate of drug-likeness (QED) is 0.535. The molecule has 0 aliphatic carbocycles. The van der Waals surface area contributed by atoms with Crippen molar-refractivity contribution < 1.29 is 27.1 Å². The number of rotatable bonds is 6. The van der Waals surface area contributed by atoms with Crippen molar-refractivity contribution >= 4 is 22.6 Å². The minimum atomic E-state index is -4.82. The van der Waals surface area contributed by atoms with Crippen molar-refractivity contribution in [3.63, 3.8) is 0 Å². The zero-order valence-corrected chi connectivity index (χ0v) is 17.9. The number of nitrogens with one attached hydrogen (secondary N) is 2. The fraction of sp³-hybridized carbons (Fsp3) is 0.409. The molecule has 0 radical (unpaired) electrons. The molecule has 0 bridgehead atoms. The van der Waals surface area contributed by atoms with Gasteiger partial charge in [-0.3, -0.25) is 4.79 Å².